The number of nitrogens with zero attached hydrogens (tertiary/aromatic N) is 2. The summed E-state index contributed by atoms with van der Waals surface area (Å²) in [5.74, 6) is 0.635. The molecule has 0 aliphatic heterocycles. The number of hydrogen-bond acceptors (Lipinski definition) is 5. The van der Waals surface area contributed by atoms with Gasteiger partial charge in [0.15, 0.2) is 0 Å². The van der Waals surface area contributed by atoms with Crippen molar-refractivity contribution in [3.63, 3.8) is 0 Å². The van der Waals surface area contributed by atoms with E-state index in [2.05, 4.69) is 4.98 Å². The Bertz CT molecular complexity index is 951. The summed E-state index contributed by atoms with van der Waals surface area (Å²) in [7, 11) is 1.50. The van der Waals surface area contributed by atoms with Gasteiger partial charge in [0.2, 0.25) is 0 Å². The van der Waals surface area contributed by atoms with Gasteiger partial charge in [-0.2, -0.15) is 0 Å². The first-order valence-electron chi connectivity index (χ1n) is 7.18. The van der Waals surface area contributed by atoms with Crippen LogP contribution in [0.15, 0.2) is 48.5 Å². The number of hydrogen-bond donors (Lipinski definition) is 1. The molecule has 6 nitrogen and oxygen atoms in total. The second kappa shape index (κ2) is 6.37. The van der Waals surface area contributed by atoms with Crippen LogP contribution in [-0.4, -0.2) is 22.1 Å². The lowest BCUT2D eigenvalue weighted by molar-refractivity contribution is -0.384. The predicted molar refractivity (Wildman–Crippen MR) is 92.0 cm³/mol. The average molecular weight is 322 g/mol. The van der Waals surface area contributed by atoms with Crippen molar-refractivity contribution in [1.82, 2.24) is 4.98 Å². The summed E-state index contributed by atoms with van der Waals surface area (Å²) in [6, 6.07) is 13.2. The van der Waals surface area contributed by atoms with Crippen LogP contribution in [0.2, 0.25) is 0 Å². The van der Waals surface area contributed by atoms with Gasteiger partial charge in [0.1, 0.15) is 17.0 Å². The molecule has 0 bridgehead atoms. The van der Waals surface area contributed by atoms with Gasteiger partial charge in [0.05, 0.1) is 17.7 Å². The number of phenols is 1. The third-order valence-electron chi connectivity index (χ3n) is 3.58. The van der Waals surface area contributed by atoms with Crippen molar-refractivity contribution < 1.29 is 14.8 Å². The van der Waals surface area contributed by atoms with E-state index in [0.717, 1.165) is 5.39 Å². The van der Waals surface area contributed by atoms with Crippen molar-refractivity contribution in [2.75, 3.05) is 7.11 Å². The molecule has 0 radical (unpaired) electrons. The maximum atomic E-state index is 10.9. The molecule has 1 aromatic heterocycles. The molecule has 0 aliphatic carbocycles. The molecule has 0 fully saturated rings. The minimum absolute atomic E-state index is 0.0143. The molecule has 0 saturated heterocycles. The van der Waals surface area contributed by atoms with E-state index in [1.807, 2.05) is 18.2 Å². The summed E-state index contributed by atoms with van der Waals surface area (Å²) in [4.78, 5) is 14.8. The van der Waals surface area contributed by atoms with Crippen LogP contribution in [0.5, 0.6) is 11.5 Å². The number of benzene rings is 2. The summed E-state index contributed by atoms with van der Waals surface area (Å²) < 4.78 is 5.22. The number of nitro groups is 1. The number of ether oxygens (including phenoxy) is 1. The molecule has 0 unspecified atom stereocenters. The van der Waals surface area contributed by atoms with E-state index in [0.29, 0.717) is 22.5 Å². The van der Waals surface area contributed by atoms with Gasteiger partial charge >= 0.3 is 0 Å². The van der Waals surface area contributed by atoms with Gasteiger partial charge in [0.25, 0.3) is 5.69 Å². The molecule has 120 valence electrons. The number of non-ortho nitro benzene ring substituents is 1. The Morgan fingerprint density at radius 1 is 1.17 bits per heavy atom. The highest BCUT2D eigenvalue weighted by atomic mass is 16.6. The Balaban J connectivity index is 2.00. The van der Waals surface area contributed by atoms with Crippen molar-refractivity contribution >= 4 is 28.7 Å². The largest absolute Gasteiger partial charge is 0.506 e. The molecule has 24 heavy (non-hydrogen) atoms. The summed E-state index contributed by atoms with van der Waals surface area (Å²) in [6.45, 7) is 0. The number of aromatic nitrogens is 1. The van der Waals surface area contributed by atoms with E-state index in [1.165, 1.54) is 19.2 Å². The number of para-hydroxylation sites is 1. The van der Waals surface area contributed by atoms with Crippen LogP contribution in [0, 0.1) is 10.1 Å². The molecule has 3 rings (SSSR count). The zero-order chi connectivity index (χ0) is 17.1. The summed E-state index contributed by atoms with van der Waals surface area (Å²) in [5, 5.41) is 21.6. The first-order valence-corrected chi connectivity index (χ1v) is 7.18. The van der Waals surface area contributed by atoms with Gasteiger partial charge < -0.3 is 9.84 Å². The van der Waals surface area contributed by atoms with Crippen molar-refractivity contribution in [2.24, 2.45) is 0 Å². The molecule has 0 amide bonds. The molecule has 1 heterocycles. The standard InChI is InChI=1S/C18H14N2O4/c1-24-17-10-9-15(20(22)23)11-13(17)6-8-14-7-5-12-3-2-4-16(21)18(12)19-14/h2-11,21H,1H3. The van der Waals surface area contributed by atoms with Crippen LogP contribution in [0.1, 0.15) is 11.3 Å². The molecular weight excluding hydrogens is 308 g/mol. The highest BCUT2D eigenvalue weighted by Gasteiger charge is 2.09. The Labute approximate surface area is 137 Å². The second-order valence-corrected chi connectivity index (χ2v) is 5.10. The van der Waals surface area contributed by atoms with Gasteiger partial charge in [-0.1, -0.05) is 18.2 Å². The number of pyridine rings is 1. The van der Waals surface area contributed by atoms with E-state index < -0.39 is 4.92 Å². The van der Waals surface area contributed by atoms with Crippen molar-refractivity contribution in [2.45, 2.75) is 0 Å². The maximum absolute atomic E-state index is 10.9. The first kappa shape index (κ1) is 15.5. The Morgan fingerprint density at radius 3 is 2.75 bits per heavy atom. The van der Waals surface area contributed by atoms with Gasteiger partial charge in [-0.15, -0.1) is 0 Å². The third kappa shape index (κ3) is 3.03. The molecule has 3 aromatic rings. The SMILES string of the molecule is COc1ccc([N+](=O)[O-])cc1C=Cc1ccc2cccc(O)c2n1. The Hall–Kier alpha value is -3.41. The molecule has 0 aliphatic rings. The van der Waals surface area contributed by atoms with Gasteiger partial charge in [-0.05, 0) is 30.4 Å². The predicted octanol–water partition coefficient (Wildman–Crippen LogP) is 4.03. The van der Waals surface area contributed by atoms with Crippen LogP contribution in [-0.2, 0) is 0 Å². The average Bonchev–Trinajstić information content (AvgIpc) is 2.60. The molecule has 6 heteroatoms. The topological polar surface area (TPSA) is 85.5 Å². The first-order chi connectivity index (χ1) is 11.6. The molecule has 0 spiro atoms. The summed E-state index contributed by atoms with van der Waals surface area (Å²) in [5.41, 5.74) is 1.69. The van der Waals surface area contributed by atoms with Crippen LogP contribution in [0.3, 0.4) is 0 Å². The lowest BCUT2D eigenvalue weighted by Gasteiger charge is -2.04. The third-order valence-corrected chi connectivity index (χ3v) is 3.58. The van der Waals surface area contributed by atoms with E-state index in [4.69, 9.17) is 4.74 Å². The van der Waals surface area contributed by atoms with Crippen LogP contribution >= 0.6 is 0 Å². The van der Waals surface area contributed by atoms with E-state index in [-0.39, 0.29) is 11.4 Å². The Morgan fingerprint density at radius 2 is 2.00 bits per heavy atom. The van der Waals surface area contributed by atoms with Crippen molar-refractivity contribution in [3.05, 3.63) is 69.9 Å². The number of nitro benzene ring substituents is 1. The number of phenolic OH excluding ortho intramolecular Hbond substituents is 1. The zero-order valence-corrected chi connectivity index (χ0v) is 12.8. The lowest BCUT2D eigenvalue weighted by Crippen LogP contribution is -1.92. The molecule has 1 N–H and O–H groups in total. The van der Waals surface area contributed by atoms with Gasteiger partial charge in [-0.25, -0.2) is 4.98 Å². The van der Waals surface area contributed by atoms with Crippen LogP contribution in [0.25, 0.3) is 23.1 Å². The molecule has 0 atom stereocenters. The molecule has 0 saturated carbocycles. The highest BCUT2D eigenvalue weighted by molar-refractivity contribution is 5.86. The normalized spacial score (nSPS) is 11.0. The van der Waals surface area contributed by atoms with Crippen LogP contribution in [0.4, 0.5) is 5.69 Å². The second-order valence-electron chi connectivity index (χ2n) is 5.10. The monoisotopic (exact) mass is 322 g/mol. The Kier molecular flexibility index (Phi) is 4.11. The smallest absolute Gasteiger partial charge is 0.270 e. The summed E-state index contributed by atoms with van der Waals surface area (Å²) >= 11 is 0. The lowest BCUT2D eigenvalue weighted by atomic mass is 10.1. The van der Waals surface area contributed by atoms with E-state index in [9.17, 15) is 15.2 Å². The minimum atomic E-state index is -0.455. The fourth-order valence-electron chi connectivity index (χ4n) is 2.38. The maximum Gasteiger partial charge on any atom is 0.270 e. The van der Waals surface area contributed by atoms with Crippen molar-refractivity contribution in [3.8, 4) is 11.5 Å². The molecule has 2 aromatic carbocycles. The highest BCUT2D eigenvalue weighted by Crippen LogP contribution is 2.27. The van der Waals surface area contributed by atoms with Crippen molar-refractivity contribution in [1.29, 1.82) is 0 Å². The summed E-state index contributed by atoms with van der Waals surface area (Å²) in [6.07, 6.45) is 3.41. The van der Waals surface area contributed by atoms with Gasteiger partial charge in [0, 0.05) is 23.1 Å². The zero-order valence-electron chi connectivity index (χ0n) is 12.8. The van der Waals surface area contributed by atoms with Crippen LogP contribution < -0.4 is 4.74 Å². The number of aromatic hydroxyl groups is 1. The molecular formula is C18H14N2O4. The fraction of sp³-hybridized carbons (Fsp3) is 0.0556. The number of methoxy groups -OCH3 is 1. The fourth-order valence-corrected chi connectivity index (χ4v) is 2.38. The van der Waals surface area contributed by atoms with E-state index in [1.54, 1.807) is 30.4 Å². The number of rotatable bonds is 4. The van der Waals surface area contributed by atoms with Gasteiger partial charge in [-0.3, -0.25) is 10.1 Å². The minimum Gasteiger partial charge on any atom is -0.506 e. The van der Waals surface area contributed by atoms with E-state index >= 15 is 0 Å². The quantitative estimate of drug-likeness (QED) is 0.579. The number of fused-ring (bicyclic) bond motifs is 1.